The maximum atomic E-state index is 12.1. The maximum absolute atomic E-state index is 12.1. The van der Waals surface area contributed by atoms with Crippen LogP contribution in [0.3, 0.4) is 0 Å². The summed E-state index contributed by atoms with van der Waals surface area (Å²) in [4.78, 5) is 28.4. The lowest BCUT2D eigenvalue weighted by Crippen LogP contribution is -2.31. The zero-order valence-electron chi connectivity index (χ0n) is 14.5. The Balaban J connectivity index is 1.52. The van der Waals surface area contributed by atoms with Crippen molar-refractivity contribution in [1.82, 2.24) is 10.3 Å². The van der Waals surface area contributed by atoms with Crippen molar-refractivity contribution in [1.29, 1.82) is 0 Å². The molecule has 1 N–H and O–H groups in total. The third kappa shape index (κ3) is 5.15. The lowest BCUT2D eigenvalue weighted by atomic mass is 10.1. The SMILES string of the molecule is CC(NC(=O)COC(=O)c1csc(-c2ccccc2)n1)c1ccc(Cl)cc1. The summed E-state index contributed by atoms with van der Waals surface area (Å²) in [5.74, 6) is -1.01. The van der Waals surface area contributed by atoms with Gasteiger partial charge < -0.3 is 10.1 Å². The van der Waals surface area contributed by atoms with E-state index in [4.69, 9.17) is 16.3 Å². The van der Waals surface area contributed by atoms with E-state index in [9.17, 15) is 9.59 Å². The topological polar surface area (TPSA) is 68.3 Å². The van der Waals surface area contributed by atoms with Crippen LogP contribution in [0.5, 0.6) is 0 Å². The fourth-order valence-electron chi connectivity index (χ4n) is 2.40. The number of esters is 1. The van der Waals surface area contributed by atoms with E-state index >= 15 is 0 Å². The van der Waals surface area contributed by atoms with Gasteiger partial charge in [0.15, 0.2) is 12.3 Å². The number of halogens is 1. The van der Waals surface area contributed by atoms with Crippen LogP contribution in [0.15, 0.2) is 60.0 Å². The number of nitrogens with one attached hydrogen (secondary N) is 1. The summed E-state index contributed by atoms with van der Waals surface area (Å²) in [5.41, 5.74) is 2.03. The fourth-order valence-corrected chi connectivity index (χ4v) is 3.33. The molecular formula is C20H17ClN2O3S. The fraction of sp³-hybridized carbons (Fsp3) is 0.150. The first-order chi connectivity index (χ1) is 13.0. The molecule has 0 saturated heterocycles. The van der Waals surface area contributed by atoms with E-state index in [-0.39, 0.29) is 24.2 Å². The van der Waals surface area contributed by atoms with E-state index in [1.54, 1.807) is 17.5 Å². The Hall–Kier alpha value is -2.70. The van der Waals surface area contributed by atoms with Crippen molar-refractivity contribution in [2.24, 2.45) is 0 Å². The molecule has 27 heavy (non-hydrogen) atoms. The van der Waals surface area contributed by atoms with E-state index in [1.807, 2.05) is 49.4 Å². The lowest BCUT2D eigenvalue weighted by Gasteiger charge is -2.14. The van der Waals surface area contributed by atoms with Crippen molar-refractivity contribution in [3.8, 4) is 10.6 Å². The molecule has 0 aliphatic carbocycles. The molecular weight excluding hydrogens is 384 g/mol. The van der Waals surface area contributed by atoms with Crippen LogP contribution in [0, 0.1) is 0 Å². The summed E-state index contributed by atoms with van der Waals surface area (Å²) in [6, 6.07) is 16.5. The van der Waals surface area contributed by atoms with Crippen molar-refractivity contribution < 1.29 is 14.3 Å². The van der Waals surface area contributed by atoms with Gasteiger partial charge in [0.2, 0.25) is 0 Å². The monoisotopic (exact) mass is 400 g/mol. The summed E-state index contributed by atoms with van der Waals surface area (Å²) in [5, 5.41) is 5.75. The zero-order chi connectivity index (χ0) is 19.2. The van der Waals surface area contributed by atoms with Crippen LogP contribution in [0.1, 0.15) is 29.0 Å². The second kappa shape index (κ2) is 8.79. The highest BCUT2D eigenvalue weighted by molar-refractivity contribution is 7.13. The highest BCUT2D eigenvalue weighted by Gasteiger charge is 2.16. The molecule has 2 aromatic carbocycles. The van der Waals surface area contributed by atoms with Crippen LogP contribution in [0.4, 0.5) is 0 Å². The minimum Gasteiger partial charge on any atom is -0.451 e. The molecule has 0 radical (unpaired) electrons. The van der Waals surface area contributed by atoms with Crippen LogP contribution in [0.2, 0.25) is 5.02 Å². The second-order valence-corrected chi connectivity index (χ2v) is 7.12. The van der Waals surface area contributed by atoms with Crippen LogP contribution in [-0.4, -0.2) is 23.5 Å². The molecule has 0 aliphatic rings. The number of amides is 1. The predicted octanol–water partition coefficient (Wildman–Crippen LogP) is 4.50. The van der Waals surface area contributed by atoms with Gasteiger partial charge in [-0.05, 0) is 24.6 Å². The number of hydrogen-bond donors (Lipinski definition) is 1. The molecule has 0 fully saturated rings. The second-order valence-electron chi connectivity index (χ2n) is 5.82. The van der Waals surface area contributed by atoms with Gasteiger partial charge in [-0.2, -0.15) is 0 Å². The minimum atomic E-state index is -0.622. The maximum Gasteiger partial charge on any atom is 0.358 e. The molecule has 0 spiro atoms. The lowest BCUT2D eigenvalue weighted by molar-refractivity contribution is -0.124. The first kappa shape index (κ1) is 19.1. The molecule has 7 heteroatoms. The van der Waals surface area contributed by atoms with Crippen molar-refractivity contribution in [3.63, 3.8) is 0 Å². The number of carbonyl (C=O) groups excluding carboxylic acids is 2. The number of thiazole rings is 1. The third-order valence-electron chi connectivity index (χ3n) is 3.82. The van der Waals surface area contributed by atoms with Crippen molar-refractivity contribution in [3.05, 3.63) is 76.3 Å². The normalized spacial score (nSPS) is 11.6. The molecule has 0 bridgehead atoms. The van der Waals surface area contributed by atoms with E-state index in [2.05, 4.69) is 10.3 Å². The summed E-state index contributed by atoms with van der Waals surface area (Å²) < 4.78 is 5.07. The molecule has 0 saturated carbocycles. The van der Waals surface area contributed by atoms with Gasteiger partial charge in [-0.1, -0.05) is 54.1 Å². The zero-order valence-corrected chi connectivity index (χ0v) is 16.1. The van der Waals surface area contributed by atoms with Crippen LogP contribution < -0.4 is 5.32 Å². The van der Waals surface area contributed by atoms with Crippen molar-refractivity contribution >= 4 is 34.8 Å². The average Bonchev–Trinajstić information content (AvgIpc) is 3.17. The Morgan fingerprint density at radius 3 is 2.56 bits per heavy atom. The minimum absolute atomic E-state index is 0.192. The predicted molar refractivity (Wildman–Crippen MR) is 106 cm³/mol. The first-order valence-electron chi connectivity index (χ1n) is 8.26. The number of nitrogens with zero attached hydrogens (tertiary/aromatic N) is 1. The molecule has 3 rings (SSSR count). The highest BCUT2D eigenvalue weighted by Crippen LogP contribution is 2.23. The quantitative estimate of drug-likeness (QED) is 0.618. The van der Waals surface area contributed by atoms with Crippen molar-refractivity contribution in [2.45, 2.75) is 13.0 Å². The smallest absolute Gasteiger partial charge is 0.358 e. The first-order valence-corrected chi connectivity index (χ1v) is 9.51. The summed E-state index contributed by atoms with van der Waals surface area (Å²) >= 11 is 7.21. The number of aromatic nitrogens is 1. The summed E-state index contributed by atoms with van der Waals surface area (Å²) in [7, 11) is 0. The number of ether oxygens (including phenoxy) is 1. The Labute approximate surface area is 166 Å². The molecule has 1 heterocycles. The standard InChI is InChI=1S/C20H17ClN2O3S/c1-13(14-7-9-16(21)10-8-14)22-18(24)11-26-20(25)17-12-27-19(23-17)15-5-3-2-4-6-15/h2-10,12-13H,11H2,1H3,(H,22,24). The molecule has 1 amide bonds. The van der Waals surface area contributed by atoms with Crippen molar-refractivity contribution in [2.75, 3.05) is 6.61 Å². The molecule has 1 atom stereocenters. The Bertz CT molecular complexity index is 926. The Morgan fingerprint density at radius 1 is 1.15 bits per heavy atom. The molecule has 138 valence electrons. The average molecular weight is 401 g/mol. The molecule has 5 nitrogen and oxygen atoms in total. The van der Waals surface area contributed by atoms with Gasteiger partial charge in [0.1, 0.15) is 5.01 Å². The molecule has 1 unspecified atom stereocenters. The van der Waals surface area contributed by atoms with E-state index in [0.717, 1.165) is 16.1 Å². The number of carbonyl (C=O) groups is 2. The Morgan fingerprint density at radius 2 is 1.85 bits per heavy atom. The van der Waals surface area contributed by atoms with E-state index in [1.165, 1.54) is 11.3 Å². The van der Waals surface area contributed by atoms with Gasteiger partial charge in [-0.3, -0.25) is 4.79 Å². The van der Waals surface area contributed by atoms with Gasteiger partial charge in [-0.25, -0.2) is 9.78 Å². The molecule has 0 aliphatic heterocycles. The van der Waals surface area contributed by atoms with Crippen LogP contribution in [0.25, 0.3) is 10.6 Å². The van der Waals surface area contributed by atoms with Gasteiger partial charge >= 0.3 is 5.97 Å². The van der Waals surface area contributed by atoms with E-state index in [0.29, 0.717) is 5.02 Å². The van der Waals surface area contributed by atoms with Gasteiger partial charge in [-0.15, -0.1) is 11.3 Å². The summed E-state index contributed by atoms with van der Waals surface area (Å²) in [6.07, 6.45) is 0. The number of hydrogen-bond acceptors (Lipinski definition) is 5. The molecule has 1 aromatic heterocycles. The Kier molecular flexibility index (Phi) is 6.21. The largest absolute Gasteiger partial charge is 0.451 e. The number of rotatable bonds is 6. The summed E-state index contributed by atoms with van der Waals surface area (Å²) in [6.45, 7) is 1.48. The highest BCUT2D eigenvalue weighted by atomic mass is 35.5. The van der Waals surface area contributed by atoms with Gasteiger partial charge in [0.05, 0.1) is 6.04 Å². The van der Waals surface area contributed by atoms with Crippen LogP contribution >= 0.6 is 22.9 Å². The van der Waals surface area contributed by atoms with Gasteiger partial charge in [0.25, 0.3) is 5.91 Å². The number of benzene rings is 2. The van der Waals surface area contributed by atoms with Crippen LogP contribution in [-0.2, 0) is 9.53 Å². The third-order valence-corrected chi connectivity index (χ3v) is 4.96. The van der Waals surface area contributed by atoms with E-state index < -0.39 is 5.97 Å². The van der Waals surface area contributed by atoms with Gasteiger partial charge in [0, 0.05) is 16.0 Å². The molecule has 3 aromatic rings.